The summed E-state index contributed by atoms with van der Waals surface area (Å²) in [6, 6.07) is 19.3. The van der Waals surface area contributed by atoms with E-state index in [4.69, 9.17) is 0 Å². The first-order chi connectivity index (χ1) is 13.9. The first kappa shape index (κ1) is 21.1. The number of aromatic nitrogens is 1. The summed E-state index contributed by atoms with van der Waals surface area (Å²) < 4.78 is 2.94. The molecule has 0 aliphatic heterocycles. The van der Waals surface area contributed by atoms with E-state index in [1.54, 1.807) is 11.3 Å². The lowest BCUT2D eigenvalue weighted by Crippen LogP contribution is -2.41. The summed E-state index contributed by atoms with van der Waals surface area (Å²) in [5.41, 5.74) is 3.36. The zero-order chi connectivity index (χ0) is 20.7. The molecule has 0 bridgehead atoms. The first-order valence-electron chi connectivity index (χ1n) is 9.99. The number of hydrogen-bond acceptors (Lipinski definition) is 4. The van der Waals surface area contributed by atoms with Crippen LogP contribution in [0.2, 0.25) is 0 Å². The second-order valence-electron chi connectivity index (χ2n) is 8.18. The highest BCUT2D eigenvalue weighted by molar-refractivity contribution is 7.12. The third kappa shape index (κ3) is 6.76. The predicted octanol–water partition coefficient (Wildman–Crippen LogP) is 5.46. The summed E-state index contributed by atoms with van der Waals surface area (Å²) in [6.07, 6.45) is 3.09. The molecule has 1 heterocycles. The van der Waals surface area contributed by atoms with Gasteiger partial charge in [-0.25, -0.2) is 4.57 Å². The zero-order valence-corrected chi connectivity index (χ0v) is 18.6. The van der Waals surface area contributed by atoms with E-state index in [2.05, 4.69) is 79.0 Å². The van der Waals surface area contributed by atoms with Crippen LogP contribution < -0.4 is 9.88 Å². The van der Waals surface area contributed by atoms with Gasteiger partial charge in [0, 0.05) is 29.1 Å². The number of nitrogens with one attached hydrogen (secondary N) is 1. The Morgan fingerprint density at radius 1 is 1.03 bits per heavy atom. The topological polar surface area (TPSA) is 40.6 Å². The number of rotatable bonds is 9. The number of nitrogens with zero attached hydrogens (tertiary/aromatic N) is 4. The molecule has 2 aromatic carbocycles. The average Bonchev–Trinajstić information content (AvgIpc) is 3.11. The second-order valence-corrected chi connectivity index (χ2v) is 9.05. The Kier molecular flexibility index (Phi) is 7.12. The van der Waals surface area contributed by atoms with Gasteiger partial charge in [-0.15, -0.1) is 0 Å². The fourth-order valence-corrected chi connectivity index (χ4v) is 3.89. The maximum Gasteiger partial charge on any atom is 0.408 e. The number of anilines is 1. The van der Waals surface area contributed by atoms with E-state index in [0.717, 1.165) is 40.5 Å². The van der Waals surface area contributed by atoms with Crippen LogP contribution in [0.15, 0.2) is 76.4 Å². The molecule has 0 aliphatic carbocycles. The minimum absolute atomic E-state index is 0.404. The van der Waals surface area contributed by atoms with Crippen molar-refractivity contribution in [3.63, 3.8) is 0 Å². The molecule has 1 aromatic heterocycles. The van der Waals surface area contributed by atoms with Crippen LogP contribution in [0.5, 0.6) is 0 Å². The molecule has 29 heavy (non-hydrogen) atoms. The molecule has 0 saturated carbocycles. The molecule has 0 saturated heterocycles. The molecule has 0 spiro atoms. The van der Waals surface area contributed by atoms with Crippen molar-refractivity contribution in [1.29, 1.82) is 0 Å². The number of quaternary nitrogens is 1. The van der Waals surface area contributed by atoms with Gasteiger partial charge in [0.1, 0.15) is 18.4 Å². The zero-order valence-electron chi connectivity index (χ0n) is 17.7. The Hall–Kier alpha value is -2.57. The summed E-state index contributed by atoms with van der Waals surface area (Å²) in [4.78, 5) is 0. The molecule has 152 valence electrons. The molecule has 5 nitrogen and oxygen atoms in total. The van der Waals surface area contributed by atoms with E-state index >= 15 is 0 Å². The molecular formula is C23H31N5S+2. The molecule has 0 radical (unpaired) electrons. The van der Waals surface area contributed by atoms with Crippen molar-refractivity contribution in [1.82, 2.24) is 0 Å². The van der Waals surface area contributed by atoms with Crippen molar-refractivity contribution in [3.8, 4) is 0 Å². The fraction of sp³-hybridized carbons (Fsp3) is 0.348. The Labute approximate surface area is 178 Å². The minimum atomic E-state index is 0.404. The molecule has 3 aromatic rings. The van der Waals surface area contributed by atoms with E-state index in [1.807, 2.05) is 35.3 Å². The lowest BCUT2D eigenvalue weighted by atomic mass is 10.1. The van der Waals surface area contributed by atoms with Crippen molar-refractivity contribution < 1.29 is 9.05 Å². The maximum atomic E-state index is 4.32. The van der Waals surface area contributed by atoms with Crippen molar-refractivity contribution in [2.75, 3.05) is 26.0 Å². The number of aryl methyl sites for hydroxylation is 1. The van der Waals surface area contributed by atoms with Gasteiger partial charge in [-0.1, -0.05) is 30.3 Å². The number of azo groups is 1. The monoisotopic (exact) mass is 409 g/mol. The Morgan fingerprint density at radius 2 is 1.76 bits per heavy atom. The van der Waals surface area contributed by atoms with Crippen LogP contribution in [0, 0.1) is 0 Å². The largest absolute Gasteiger partial charge is 0.408 e. The van der Waals surface area contributed by atoms with E-state index in [9.17, 15) is 0 Å². The minimum Gasteiger partial charge on any atom is -0.382 e. The fourth-order valence-electron chi connectivity index (χ4n) is 3.20. The summed E-state index contributed by atoms with van der Waals surface area (Å²) in [5.74, 6) is 0. The molecule has 1 unspecified atom stereocenters. The van der Waals surface area contributed by atoms with Crippen LogP contribution in [-0.4, -0.2) is 31.2 Å². The third-order valence-electron chi connectivity index (χ3n) is 4.91. The quantitative estimate of drug-likeness (QED) is 0.285. The van der Waals surface area contributed by atoms with E-state index < -0.39 is 0 Å². The van der Waals surface area contributed by atoms with Crippen LogP contribution in [0.4, 0.5) is 16.5 Å². The van der Waals surface area contributed by atoms with Crippen LogP contribution in [0.1, 0.15) is 18.9 Å². The smallest absolute Gasteiger partial charge is 0.382 e. The molecule has 1 atom stereocenters. The van der Waals surface area contributed by atoms with E-state index in [0.29, 0.717) is 6.04 Å². The first-order valence-corrected chi connectivity index (χ1v) is 10.9. The lowest BCUT2D eigenvalue weighted by molar-refractivity contribution is -0.903. The standard InChI is InChI=1S/C23H30N5S/c1-19(14-16-28(3,4)18-20-8-6-5-7-9-20)24-21-10-12-22(13-11-21)25-26-23-27(2)15-17-29-23/h5-13,15,17,19H,14,16,18H2,1-4H3/q+1/p+1. The molecule has 0 aliphatic rings. The van der Waals surface area contributed by atoms with E-state index in [1.165, 1.54) is 5.56 Å². The van der Waals surface area contributed by atoms with Gasteiger partial charge in [0.15, 0.2) is 0 Å². The van der Waals surface area contributed by atoms with Crippen LogP contribution in [0.3, 0.4) is 0 Å². The molecule has 0 fully saturated rings. The summed E-state index contributed by atoms with van der Waals surface area (Å²) >= 11 is 1.58. The van der Waals surface area contributed by atoms with Crippen molar-refractivity contribution in [2.45, 2.75) is 25.9 Å². The normalized spacial score (nSPS) is 13.0. The number of hydrogen-bond donors (Lipinski definition) is 1. The summed E-state index contributed by atoms with van der Waals surface area (Å²) in [5, 5.41) is 15.1. The molecule has 6 heteroatoms. The van der Waals surface area contributed by atoms with Gasteiger partial charge >= 0.3 is 5.13 Å². The highest BCUT2D eigenvalue weighted by atomic mass is 32.1. The molecule has 3 rings (SSSR count). The SMILES string of the molecule is CC(CC[N+](C)(C)Cc1ccccc1)Nc1ccc(N=Nc2scc[n+]2C)cc1. The average molecular weight is 410 g/mol. The molecule has 1 N–H and O–H groups in total. The number of thiazole rings is 1. The molecule has 0 amide bonds. The van der Waals surface area contributed by atoms with Gasteiger partial charge in [-0.2, -0.15) is 0 Å². The lowest BCUT2D eigenvalue weighted by Gasteiger charge is -2.31. The van der Waals surface area contributed by atoms with Crippen molar-refractivity contribution in [2.24, 2.45) is 17.3 Å². The maximum absolute atomic E-state index is 4.32. The van der Waals surface area contributed by atoms with Gasteiger partial charge in [0.25, 0.3) is 0 Å². The van der Waals surface area contributed by atoms with Crippen LogP contribution >= 0.6 is 11.3 Å². The number of benzene rings is 2. The second kappa shape index (κ2) is 9.76. The highest BCUT2D eigenvalue weighted by Crippen LogP contribution is 2.21. The van der Waals surface area contributed by atoms with Gasteiger partial charge in [0.2, 0.25) is 0 Å². The Bertz CT molecular complexity index is 916. The predicted molar refractivity (Wildman–Crippen MR) is 121 cm³/mol. The van der Waals surface area contributed by atoms with Gasteiger partial charge in [0.05, 0.1) is 32.8 Å². The van der Waals surface area contributed by atoms with E-state index in [-0.39, 0.29) is 0 Å². The van der Waals surface area contributed by atoms with Gasteiger partial charge < -0.3 is 9.80 Å². The molecular weight excluding hydrogens is 378 g/mol. The Morgan fingerprint density at radius 3 is 2.41 bits per heavy atom. The van der Waals surface area contributed by atoms with Crippen LogP contribution in [-0.2, 0) is 13.6 Å². The summed E-state index contributed by atoms with van der Waals surface area (Å²) in [7, 11) is 6.57. The van der Waals surface area contributed by atoms with Crippen molar-refractivity contribution in [3.05, 3.63) is 71.7 Å². The van der Waals surface area contributed by atoms with Gasteiger partial charge in [-0.3, -0.25) is 0 Å². The highest BCUT2D eigenvalue weighted by Gasteiger charge is 2.17. The van der Waals surface area contributed by atoms with Crippen molar-refractivity contribution >= 4 is 27.8 Å². The summed E-state index contributed by atoms with van der Waals surface area (Å²) in [6.45, 7) is 4.41. The van der Waals surface area contributed by atoms with Crippen LogP contribution in [0.25, 0.3) is 0 Å². The van der Waals surface area contributed by atoms with Gasteiger partial charge in [-0.05, 0) is 47.6 Å². The third-order valence-corrected chi connectivity index (χ3v) is 5.75. The Balaban J connectivity index is 1.48.